The van der Waals surface area contributed by atoms with E-state index in [-0.39, 0.29) is 41.6 Å². The van der Waals surface area contributed by atoms with Crippen molar-refractivity contribution in [1.29, 1.82) is 0 Å². The zero-order valence-corrected chi connectivity index (χ0v) is 34.8. The van der Waals surface area contributed by atoms with Gasteiger partial charge in [0.1, 0.15) is 36.3 Å². The van der Waals surface area contributed by atoms with Crippen LogP contribution in [0, 0.1) is 5.41 Å². The Morgan fingerprint density at radius 1 is 1.00 bits per heavy atom. The van der Waals surface area contributed by atoms with Gasteiger partial charge in [0.25, 0.3) is 0 Å². The van der Waals surface area contributed by atoms with E-state index in [9.17, 15) is 57.9 Å². The fourth-order valence-electron chi connectivity index (χ4n) is 5.24. The van der Waals surface area contributed by atoms with Crippen LogP contribution in [0.2, 0.25) is 0 Å². The number of hydrogen-bond acceptors (Lipinski definition) is 18. The normalized spacial score (nSPS) is 21.5. The number of imidazole rings is 1. The molecule has 10 N–H and O–H groups in total. The molecule has 324 valence electrons. The number of phosphoric ester groups is 3. The SMILES string of the molecule is CCCCCCCC(=O)SCCNC(=O)CCNC(=O)[C@H](O)C(C)(C)COP(=O)(O)OP(=O)(O)OC[C@H]1OC(n2cnc3c(N)ncnc32)[C@H](O)[C@@H]1OP(=O)(O)O. The highest BCUT2D eigenvalue weighted by Gasteiger charge is 2.50. The van der Waals surface area contributed by atoms with E-state index < -0.39 is 84.6 Å². The van der Waals surface area contributed by atoms with Crippen molar-refractivity contribution in [3.8, 4) is 0 Å². The molecule has 3 unspecified atom stereocenters. The third kappa shape index (κ3) is 15.9. The molecule has 2 amide bonds. The van der Waals surface area contributed by atoms with Gasteiger partial charge in [-0.2, -0.15) is 4.31 Å². The maximum absolute atomic E-state index is 12.7. The number of unbranched alkanes of at least 4 members (excludes halogenated alkanes) is 4. The molecule has 57 heavy (non-hydrogen) atoms. The number of nitrogens with one attached hydrogen (secondary N) is 2. The van der Waals surface area contributed by atoms with E-state index in [0.29, 0.717) is 12.2 Å². The third-order valence-electron chi connectivity index (χ3n) is 8.25. The molecule has 24 nitrogen and oxygen atoms in total. The molecule has 1 aliphatic rings. The lowest BCUT2D eigenvalue weighted by molar-refractivity contribution is -0.137. The van der Waals surface area contributed by atoms with Gasteiger partial charge in [0.05, 0.1) is 19.5 Å². The standard InChI is InChI=1S/C29H50N7O17P3S/c1-4-5-6-7-8-9-20(38)57-13-12-31-19(37)10-11-32-27(41)24(40)29(2,3)15-50-56(47,48)53-55(45,46)49-14-18-23(52-54(42,43)44)22(39)28(51-18)36-17-35-21-25(30)33-16-34-26(21)36/h16-18,22-24,28,39-40H,4-15H2,1-3H3,(H,31,37)(H,32,41)(H,45,46)(H,47,48)(H2,30,33,34)(H2,42,43,44)/t18-,22-,23-,24+,28?/m1/s1. The third-order valence-corrected chi connectivity index (χ3v) is 12.3. The zero-order chi connectivity index (χ0) is 42.6. The van der Waals surface area contributed by atoms with Crippen molar-refractivity contribution in [3.05, 3.63) is 12.7 Å². The minimum absolute atomic E-state index is 0.0325. The number of aromatic nitrogens is 4. The predicted octanol–water partition coefficient (Wildman–Crippen LogP) is 1.03. The lowest BCUT2D eigenvalue weighted by Gasteiger charge is -2.30. The second-order valence-electron chi connectivity index (χ2n) is 13.5. The van der Waals surface area contributed by atoms with E-state index in [1.807, 2.05) is 0 Å². The van der Waals surface area contributed by atoms with E-state index in [2.05, 4.69) is 41.3 Å². The monoisotopic (exact) mass is 893 g/mol. The number of aliphatic hydroxyl groups excluding tert-OH is 2. The smallest absolute Gasteiger partial charge is 0.386 e. The van der Waals surface area contributed by atoms with Gasteiger partial charge in [0.15, 0.2) is 22.8 Å². The molecule has 0 spiro atoms. The van der Waals surface area contributed by atoms with Crippen LogP contribution < -0.4 is 16.4 Å². The number of carbonyl (C=O) groups is 3. The molecule has 2 aromatic rings. The average Bonchev–Trinajstić information content (AvgIpc) is 3.68. The molecule has 0 aliphatic carbocycles. The first-order valence-electron chi connectivity index (χ1n) is 17.6. The number of thioether (sulfide) groups is 1. The van der Waals surface area contributed by atoms with Crippen LogP contribution in [0.3, 0.4) is 0 Å². The van der Waals surface area contributed by atoms with Crippen molar-refractivity contribution in [1.82, 2.24) is 30.2 Å². The zero-order valence-electron chi connectivity index (χ0n) is 31.3. The highest BCUT2D eigenvalue weighted by molar-refractivity contribution is 8.13. The number of fused-ring (bicyclic) bond motifs is 1. The van der Waals surface area contributed by atoms with E-state index in [1.165, 1.54) is 13.8 Å². The van der Waals surface area contributed by atoms with Crippen molar-refractivity contribution in [2.24, 2.45) is 5.41 Å². The first-order chi connectivity index (χ1) is 26.6. The maximum atomic E-state index is 12.7. The van der Waals surface area contributed by atoms with Gasteiger partial charge in [-0.15, -0.1) is 0 Å². The van der Waals surface area contributed by atoms with Gasteiger partial charge in [-0.3, -0.25) is 32.5 Å². The summed E-state index contributed by atoms with van der Waals surface area (Å²) in [6.07, 6.45) is -1.22. The first kappa shape index (κ1) is 48.9. The summed E-state index contributed by atoms with van der Waals surface area (Å²) in [4.78, 5) is 87.6. The Morgan fingerprint density at radius 2 is 1.68 bits per heavy atom. The number of phosphoric acid groups is 3. The summed E-state index contributed by atoms with van der Waals surface area (Å²) < 4.78 is 62.1. The molecule has 3 heterocycles. The minimum atomic E-state index is -5.57. The summed E-state index contributed by atoms with van der Waals surface area (Å²) in [5, 5.41) is 26.5. The number of aliphatic hydroxyl groups is 2. The highest BCUT2D eigenvalue weighted by Crippen LogP contribution is 2.61. The largest absolute Gasteiger partial charge is 0.481 e. The van der Waals surface area contributed by atoms with Crippen LogP contribution in [0.1, 0.15) is 71.9 Å². The van der Waals surface area contributed by atoms with Crippen LogP contribution in [0.5, 0.6) is 0 Å². The number of nitrogen functional groups attached to an aromatic ring is 1. The van der Waals surface area contributed by atoms with Crippen LogP contribution in [-0.2, 0) is 50.7 Å². The van der Waals surface area contributed by atoms with Gasteiger partial charge in [0, 0.05) is 37.1 Å². The molecule has 1 fully saturated rings. The Bertz CT molecular complexity index is 1820. The number of nitrogens with two attached hydrogens (primary N) is 1. The molecule has 0 saturated carbocycles. The Morgan fingerprint density at radius 3 is 2.37 bits per heavy atom. The van der Waals surface area contributed by atoms with Gasteiger partial charge >= 0.3 is 23.5 Å². The Labute approximate surface area is 331 Å². The van der Waals surface area contributed by atoms with Crippen molar-refractivity contribution in [2.75, 3.05) is 37.8 Å². The molecule has 3 rings (SSSR count). The van der Waals surface area contributed by atoms with Crippen LogP contribution in [0.15, 0.2) is 12.7 Å². The van der Waals surface area contributed by atoms with E-state index >= 15 is 0 Å². The number of anilines is 1. The van der Waals surface area contributed by atoms with Gasteiger partial charge in [-0.25, -0.2) is 28.6 Å². The summed E-state index contributed by atoms with van der Waals surface area (Å²) in [6, 6.07) is 0. The lowest BCUT2D eigenvalue weighted by atomic mass is 9.87. The molecule has 0 radical (unpaired) electrons. The number of nitrogens with zero attached hydrogens (tertiary/aromatic N) is 4. The van der Waals surface area contributed by atoms with Crippen molar-refractivity contribution in [3.63, 3.8) is 0 Å². The summed E-state index contributed by atoms with van der Waals surface area (Å²) in [5.41, 5.74) is 4.27. The van der Waals surface area contributed by atoms with E-state index in [4.69, 9.17) is 19.5 Å². The Hall–Kier alpha value is -2.44. The van der Waals surface area contributed by atoms with E-state index in [0.717, 1.165) is 61.1 Å². The molecule has 28 heteroatoms. The average molecular weight is 894 g/mol. The number of hydrogen-bond donors (Lipinski definition) is 9. The second kappa shape index (κ2) is 21.7. The van der Waals surface area contributed by atoms with Crippen molar-refractivity contribution < 1.29 is 80.5 Å². The number of carbonyl (C=O) groups excluding carboxylic acids is 3. The van der Waals surface area contributed by atoms with Crippen LogP contribution in [0.25, 0.3) is 11.2 Å². The van der Waals surface area contributed by atoms with Gasteiger partial charge in [0.2, 0.25) is 11.8 Å². The molecule has 2 aromatic heterocycles. The maximum Gasteiger partial charge on any atom is 0.481 e. The molecular formula is C29H50N7O17P3S. The first-order valence-corrected chi connectivity index (χ1v) is 23.1. The van der Waals surface area contributed by atoms with Crippen molar-refractivity contribution in [2.45, 2.75) is 96.4 Å². The predicted molar refractivity (Wildman–Crippen MR) is 200 cm³/mol. The van der Waals surface area contributed by atoms with Gasteiger partial charge in [-0.1, -0.05) is 58.2 Å². The summed E-state index contributed by atoms with van der Waals surface area (Å²) in [6.45, 7) is 2.67. The summed E-state index contributed by atoms with van der Waals surface area (Å²) in [5.74, 6) is -1.03. The van der Waals surface area contributed by atoms with Crippen LogP contribution in [-0.4, -0.2) is 123 Å². The van der Waals surface area contributed by atoms with Gasteiger partial charge < -0.3 is 50.9 Å². The number of amides is 2. The van der Waals surface area contributed by atoms with Crippen molar-refractivity contribution >= 4 is 69.1 Å². The van der Waals surface area contributed by atoms with E-state index in [1.54, 1.807) is 0 Å². The molecule has 0 bridgehead atoms. The molecule has 0 aromatic carbocycles. The fourth-order valence-corrected chi connectivity index (χ4v) is 8.79. The highest BCUT2D eigenvalue weighted by atomic mass is 32.2. The Balaban J connectivity index is 1.45. The second-order valence-corrected chi connectivity index (χ2v) is 18.8. The lowest BCUT2D eigenvalue weighted by Crippen LogP contribution is -2.46. The number of rotatable bonds is 25. The molecular weight excluding hydrogens is 843 g/mol. The van der Waals surface area contributed by atoms with Crippen LogP contribution >= 0.6 is 35.2 Å². The topological polar surface area (TPSA) is 364 Å². The van der Waals surface area contributed by atoms with Gasteiger partial charge in [-0.05, 0) is 6.42 Å². The molecule has 7 atom stereocenters. The fraction of sp³-hybridized carbons (Fsp3) is 0.724. The number of ether oxygens (including phenoxy) is 1. The minimum Gasteiger partial charge on any atom is -0.386 e. The van der Waals surface area contributed by atoms with Crippen LogP contribution in [0.4, 0.5) is 5.82 Å². The molecule has 1 aliphatic heterocycles. The molecule has 1 saturated heterocycles. The quantitative estimate of drug-likeness (QED) is 0.0496. The Kier molecular flexibility index (Phi) is 18.6. The summed E-state index contributed by atoms with van der Waals surface area (Å²) >= 11 is 1.13. The summed E-state index contributed by atoms with van der Waals surface area (Å²) in [7, 11) is -16.4.